The molecule has 0 N–H and O–H groups in total. The molecule has 0 aliphatic carbocycles. The third kappa shape index (κ3) is 4.92. The van der Waals surface area contributed by atoms with Crippen molar-refractivity contribution >= 4 is 33.2 Å². The van der Waals surface area contributed by atoms with E-state index in [0.717, 1.165) is 22.4 Å². The molecule has 0 atom stereocenters. The molecule has 3 nitrogen and oxygen atoms in total. The number of halogens is 1. The molecule has 0 unspecified atom stereocenters. The second kappa shape index (κ2) is 7.71. The summed E-state index contributed by atoms with van der Waals surface area (Å²) in [5.74, 6) is -0.232. The molecule has 0 fully saturated rings. The Morgan fingerprint density at radius 2 is 2.33 bits per heavy atom. The maximum Gasteiger partial charge on any atom is 0.333 e. The van der Waals surface area contributed by atoms with E-state index in [2.05, 4.69) is 32.3 Å². The van der Waals surface area contributed by atoms with E-state index in [1.165, 1.54) is 12.7 Å². The van der Waals surface area contributed by atoms with Crippen LogP contribution >= 0.6 is 27.3 Å². The molecule has 0 aliphatic heterocycles. The van der Waals surface area contributed by atoms with Gasteiger partial charge in [-0.25, -0.2) is 4.79 Å². The summed E-state index contributed by atoms with van der Waals surface area (Å²) in [7, 11) is 3.45. The minimum absolute atomic E-state index is 0.232. The van der Waals surface area contributed by atoms with Crippen molar-refractivity contribution in [3.63, 3.8) is 0 Å². The monoisotopic (exact) mass is 331 g/mol. The molecule has 100 valence electrons. The molecule has 0 saturated heterocycles. The summed E-state index contributed by atoms with van der Waals surface area (Å²) in [6, 6.07) is 2.12. The first-order chi connectivity index (χ1) is 8.56. The molecule has 0 aromatic carbocycles. The molecule has 1 rings (SSSR count). The smallest absolute Gasteiger partial charge is 0.333 e. The summed E-state index contributed by atoms with van der Waals surface area (Å²) < 4.78 is 5.87. The van der Waals surface area contributed by atoms with E-state index in [4.69, 9.17) is 4.74 Å². The minimum Gasteiger partial charge on any atom is -0.466 e. The molecule has 1 aromatic heterocycles. The molecule has 5 heteroatoms. The van der Waals surface area contributed by atoms with Gasteiger partial charge in [0.2, 0.25) is 0 Å². The van der Waals surface area contributed by atoms with Crippen molar-refractivity contribution in [2.45, 2.75) is 19.9 Å². The number of thiophene rings is 1. The molecule has 0 saturated carbocycles. The fourth-order valence-corrected chi connectivity index (χ4v) is 2.77. The Bertz CT molecular complexity index is 428. The molecular formula is C13H18BrNO2S. The summed E-state index contributed by atoms with van der Waals surface area (Å²) in [4.78, 5) is 13.6. The van der Waals surface area contributed by atoms with E-state index in [1.54, 1.807) is 11.3 Å². The zero-order chi connectivity index (χ0) is 13.5. The average Bonchev–Trinajstić information content (AvgIpc) is 2.75. The standard InChI is InChI=1S/C13H18BrNO2S/c1-4-11(13(16)17-3)5-6-15(2)8-10-7-12(14)18-9-10/h5,7,9H,4,6,8H2,1-3H3. The van der Waals surface area contributed by atoms with Crippen molar-refractivity contribution in [2.75, 3.05) is 20.7 Å². The number of hydrogen-bond donors (Lipinski definition) is 0. The van der Waals surface area contributed by atoms with Crippen LogP contribution in [0.2, 0.25) is 0 Å². The Morgan fingerprint density at radius 1 is 1.61 bits per heavy atom. The number of carbonyl (C=O) groups is 1. The van der Waals surface area contributed by atoms with Crippen LogP contribution in [0.4, 0.5) is 0 Å². The highest BCUT2D eigenvalue weighted by molar-refractivity contribution is 9.11. The summed E-state index contributed by atoms with van der Waals surface area (Å²) in [6.07, 6.45) is 2.64. The Hall–Kier alpha value is -0.650. The molecule has 0 bridgehead atoms. The maximum atomic E-state index is 11.4. The van der Waals surface area contributed by atoms with Crippen LogP contribution in [0.15, 0.2) is 26.9 Å². The highest BCUT2D eigenvalue weighted by Crippen LogP contribution is 2.21. The molecular weight excluding hydrogens is 314 g/mol. The summed E-state index contributed by atoms with van der Waals surface area (Å²) >= 11 is 5.14. The van der Waals surface area contributed by atoms with Gasteiger partial charge in [0.1, 0.15) is 0 Å². The minimum atomic E-state index is -0.232. The average molecular weight is 332 g/mol. The van der Waals surface area contributed by atoms with E-state index in [1.807, 2.05) is 20.0 Å². The van der Waals surface area contributed by atoms with Gasteiger partial charge in [0, 0.05) is 18.7 Å². The van der Waals surface area contributed by atoms with Crippen molar-refractivity contribution in [3.8, 4) is 0 Å². The van der Waals surface area contributed by atoms with Crippen LogP contribution in [0.5, 0.6) is 0 Å². The Kier molecular flexibility index (Phi) is 6.60. The fourth-order valence-electron chi connectivity index (χ4n) is 1.57. The van der Waals surface area contributed by atoms with Crippen LogP contribution in [0.3, 0.4) is 0 Å². The molecule has 0 radical (unpaired) electrons. The number of likely N-dealkylation sites (N-methyl/N-ethyl adjacent to an activating group) is 1. The van der Waals surface area contributed by atoms with Crippen molar-refractivity contribution in [2.24, 2.45) is 0 Å². The molecule has 1 aromatic rings. The van der Waals surface area contributed by atoms with E-state index in [0.29, 0.717) is 6.42 Å². The summed E-state index contributed by atoms with van der Waals surface area (Å²) in [5.41, 5.74) is 2.01. The molecule has 1 heterocycles. The molecule has 18 heavy (non-hydrogen) atoms. The third-order valence-corrected chi connectivity index (χ3v) is 4.11. The normalized spacial score (nSPS) is 11.9. The van der Waals surface area contributed by atoms with Crippen molar-refractivity contribution in [1.82, 2.24) is 4.90 Å². The number of carbonyl (C=O) groups excluding carboxylic acids is 1. The zero-order valence-corrected chi connectivity index (χ0v) is 13.3. The number of rotatable bonds is 6. The van der Waals surface area contributed by atoms with Gasteiger partial charge < -0.3 is 4.74 Å². The lowest BCUT2D eigenvalue weighted by molar-refractivity contribution is -0.136. The number of hydrogen-bond acceptors (Lipinski definition) is 4. The van der Waals surface area contributed by atoms with E-state index >= 15 is 0 Å². The molecule has 0 amide bonds. The van der Waals surface area contributed by atoms with Crippen LogP contribution in [-0.2, 0) is 16.1 Å². The summed E-state index contributed by atoms with van der Waals surface area (Å²) in [5, 5.41) is 2.13. The molecule has 0 spiro atoms. The van der Waals surface area contributed by atoms with Gasteiger partial charge in [-0.3, -0.25) is 4.90 Å². The highest BCUT2D eigenvalue weighted by atomic mass is 79.9. The number of esters is 1. The Morgan fingerprint density at radius 3 is 2.83 bits per heavy atom. The summed E-state index contributed by atoms with van der Waals surface area (Å²) in [6.45, 7) is 3.57. The topological polar surface area (TPSA) is 29.5 Å². The Labute approximate surface area is 121 Å². The lowest BCUT2D eigenvalue weighted by atomic mass is 10.2. The van der Waals surface area contributed by atoms with Crippen molar-refractivity contribution < 1.29 is 9.53 Å². The first-order valence-electron chi connectivity index (χ1n) is 5.75. The van der Waals surface area contributed by atoms with Crippen LogP contribution in [0.1, 0.15) is 18.9 Å². The van der Waals surface area contributed by atoms with Crippen LogP contribution in [0, 0.1) is 0 Å². The SMILES string of the molecule is CCC(=CCN(C)Cc1csc(Br)c1)C(=O)OC. The molecule has 0 aliphatic rings. The van der Waals surface area contributed by atoms with Crippen molar-refractivity contribution in [1.29, 1.82) is 0 Å². The van der Waals surface area contributed by atoms with Gasteiger partial charge in [0.05, 0.1) is 10.9 Å². The van der Waals surface area contributed by atoms with E-state index < -0.39 is 0 Å². The van der Waals surface area contributed by atoms with Crippen LogP contribution in [0.25, 0.3) is 0 Å². The number of nitrogens with zero attached hydrogens (tertiary/aromatic N) is 1. The number of ether oxygens (including phenoxy) is 1. The number of methoxy groups -OCH3 is 1. The van der Waals surface area contributed by atoms with Gasteiger partial charge in [0.15, 0.2) is 0 Å². The lowest BCUT2D eigenvalue weighted by Crippen LogP contribution is -2.18. The van der Waals surface area contributed by atoms with Crippen LogP contribution < -0.4 is 0 Å². The quantitative estimate of drug-likeness (QED) is 0.590. The van der Waals surface area contributed by atoms with Crippen molar-refractivity contribution in [3.05, 3.63) is 32.4 Å². The van der Waals surface area contributed by atoms with Crippen LogP contribution in [-0.4, -0.2) is 31.6 Å². The fraction of sp³-hybridized carbons (Fsp3) is 0.462. The predicted octanol–water partition coefficient (Wildman–Crippen LogP) is 3.45. The largest absolute Gasteiger partial charge is 0.466 e. The Balaban J connectivity index is 2.51. The van der Waals surface area contributed by atoms with Gasteiger partial charge in [-0.05, 0) is 46.4 Å². The predicted molar refractivity (Wildman–Crippen MR) is 78.7 cm³/mol. The zero-order valence-electron chi connectivity index (χ0n) is 10.9. The van der Waals surface area contributed by atoms with Gasteiger partial charge in [-0.15, -0.1) is 11.3 Å². The first kappa shape index (κ1) is 15.4. The lowest BCUT2D eigenvalue weighted by Gasteiger charge is -2.14. The highest BCUT2D eigenvalue weighted by Gasteiger charge is 2.07. The third-order valence-electron chi connectivity index (χ3n) is 2.55. The van der Waals surface area contributed by atoms with E-state index in [-0.39, 0.29) is 5.97 Å². The van der Waals surface area contributed by atoms with Gasteiger partial charge in [-0.1, -0.05) is 13.0 Å². The first-order valence-corrected chi connectivity index (χ1v) is 7.42. The van der Waals surface area contributed by atoms with Gasteiger partial charge in [-0.2, -0.15) is 0 Å². The van der Waals surface area contributed by atoms with E-state index in [9.17, 15) is 4.79 Å². The van der Waals surface area contributed by atoms with Gasteiger partial charge >= 0.3 is 5.97 Å². The second-order valence-electron chi connectivity index (χ2n) is 4.03. The second-order valence-corrected chi connectivity index (χ2v) is 6.32. The van der Waals surface area contributed by atoms with Gasteiger partial charge in [0.25, 0.3) is 0 Å². The maximum absolute atomic E-state index is 11.4.